The van der Waals surface area contributed by atoms with Crippen LogP contribution in [-0.4, -0.2) is 68.0 Å². The zero-order chi connectivity index (χ0) is 27.4. The number of rotatable bonds is 8. The van der Waals surface area contributed by atoms with E-state index in [9.17, 15) is 9.59 Å². The molecule has 1 atom stereocenters. The molecule has 2 fully saturated rings. The zero-order valence-corrected chi connectivity index (χ0v) is 23.5. The van der Waals surface area contributed by atoms with Crippen LogP contribution in [0.5, 0.6) is 0 Å². The molecule has 208 valence electrons. The van der Waals surface area contributed by atoms with Gasteiger partial charge in [0.05, 0.1) is 18.7 Å². The molecule has 39 heavy (non-hydrogen) atoms. The van der Waals surface area contributed by atoms with E-state index >= 15 is 0 Å². The zero-order valence-electron chi connectivity index (χ0n) is 22.7. The third-order valence-corrected chi connectivity index (χ3v) is 8.01. The highest BCUT2D eigenvalue weighted by Crippen LogP contribution is 2.30. The molecule has 10 nitrogen and oxygen atoms in total. The molecule has 0 radical (unpaired) electrons. The van der Waals surface area contributed by atoms with Gasteiger partial charge in [-0.1, -0.05) is 55.9 Å². The molecule has 2 aromatic heterocycles. The molecule has 1 saturated carbocycles. The van der Waals surface area contributed by atoms with E-state index in [1.165, 1.54) is 11.8 Å². The number of carbonyl (C=O) groups is 2. The first-order valence-electron chi connectivity index (χ1n) is 13.6. The van der Waals surface area contributed by atoms with E-state index in [1.54, 1.807) is 9.42 Å². The number of esters is 1. The number of aromatic nitrogens is 4. The van der Waals surface area contributed by atoms with E-state index in [-0.39, 0.29) is 36.7 Å². The molecule has 1 aliphatic carbocycles. The Morgan fingerprint density at radius 1 is 1.10 bits per heavy atom. The van der Waals surface area contributed by atoms with E-state index in [4.69, 9.17) is 9.47 Å². The Bertz CT molecular complexity index is 1290. The van der Waals surface area contributed by atoms with Crippen molar-refractivity contribution < 1.29 is 19.1 Å². The molecule has 3 heterocycles. The monoisotopic (exact) mass is 552 g/mol. The summed E-state index contributed by atoms with van der Waals surface area (Å²) in [6, 6.07) is 9.78. The quantitative estimate of drug-likeness (QED) is 0.308. The molecule has 1 amide bonds. The maximum atomic E-state index is 12.9. The fourth-order valence-corrected chi connectivity index (χ4v) is 5.54. The molecule has 0 bridgehead atoms. The molecule has 5 rings (SSSR count). The summed E-state index contributed by atoms with van der Waals surface area (Å²) in [4.78, 5) is 36.3. The topological polar surface area (TPSA) is 111 Å². The second-order valence-corrected chi connectivity index (χ2v) is 11.3. The molecule has 1 saturated heterocycles. The van der Waals surface area contributed by atoms with Crippen LogP contribution in [0.4, 0.5) is 10.7 Å². The summed E-state index contributed by atoms with van der Waals surface area (Å²) in [6.45, 7) is 5.40. The van der Waals surface area contributed by atoms with Crippen molar-refractivity contribution in [2.24, 2.45) is 5.92 Å². The summed E-state index contributed by atoms with van der Waals surface area (Å²) >= 11 is 1.51. The second-order valence-electron chi connectivity index (χ2n) is 10.6. The normalized spacial score (nSPS) is 21.3. The minimum Gasteiger partial charge on any atom is -0.460 e. The molecule has 1 unspecified atom stereocenters. The lowest BCUT2D eigenvalue weighted by Gasteiger charge is -2.29. The van der Waals surface area contributed by atoms with E-state index in [0.717, 1.165) is 42.5 Å². The summed E-state index contributed by atoms with van der Waals surface area (Å²) in [7, 11) is 0. The molecule has 1 N–H and O–H groups in total. The lowest BCUT2D eigenvalue weighted by Crippen LogP contribution is -2.34. The number of anilines is 1. The van der Waals surface area contributed by atoms with Crippen molar-refractivity contribution in [2.75, 3.05) is 24.7 Å². The predicted molar refractivity (Wildman–Crippen MR) is 149 cm³/mol. The number of ether oxygens (including phenoxy) is 2. The first kappa shape index (κ1) is 27.2. The van der Waals surface area contributed by atoms with Gasteiger partial charge in [-0.25, -0.2) is 9.78 Å². The van der Waals surface area contributed by atoms with Crippen molar-refractivity contribution in [3.63, 3.8) is 0 Å². The largest absolute Gasteiger partial charge is 0.460 e. The molecule has 3 aromatic rings. The van der Waals surface area contributed by atoms with Gasteiger partial charge >= 0.3 is 12.1 Å². The molecule has 11 heteroatoms. The van der Waals surface area contributed by atoms with Crippen LogP contribution in [0, 0.1) is 5.92 Å². The Balaban J connectivity index is 1.09. The summed E-state index contributed by atoms with van der Waals surface area (Å²) < 4.78 is 13.0. The Hall–Kier alpha value is -3.34. The van der Waals surface area contributed by atoms with Crippen molar-refractivity contribution in [2.45, 2.75) is 75.8 Å². The molecule has 0 spiro atoms. The molecule has 1 aromatic carbocycles. The average molecular weight is 553 g/mol. The van der Waals surface area contributed by atoms with Crippen molar-refractivity contribution in [1.82, 2.24) is 24.5 Å². The lowest BCUT2D eigenvalue weighted by atomic mass is 9.86. The van der Waals surface area contributed by atoms with Gasteiger partial charge in [-0.3, -0.25) is 4.79 Å². The van der Waals surface area contributed by atoms with Crippen LogP contribution in [0.1, 0.15) is 63.0 Å². The summed E-state index contributed by atoms with van der Waals surface area (Å²) in [5, 5.41) is 8.79. The smallest absolute Gasteiger partial charge is 0.410 e. The first-order valence-corrected chi connectivity index (χ1v) is 14.9. The number of likely N-dealkylation sites (tertiary alicyclic amines) is 1. The van der Waals surface area contributed by atoms with Gasteiger partial charge in [-0.05, 0) is 43.4 Å². The standard InChI is InChI=1S/C28H36N6O4S/c1-18(2)23-15-29-34-24(23)31-27(39-3)32-26(34)30-21-11-9-20(10-12-21)25(35)38-22-13-14-33(16-22)28(36)37-17-19-7-5-4-6-8-19/h4-8,15,18,20-22H,9-14,16-17H2,1-3H3,(H,30,31,32). The van der Waals surface area contributed by atoms with Gasteiger partial charge < -0.3 is 19.7 Å². The van der Waals surface area contributed by atoms with Crippen molar-refractivity contribution >= 4 is 35.4 Å². The van der Waals surface area contributed by atoms with Crippen LogP contribution in [-0.2, 0) is 20.9 Å². The highest BCUT2D eigenvalue weighted by molar-refractivity contribution is 7.98. The third-order valence-electron chi connectivity index (χ3n) is 7.46. The fourth-order valence-electron chi connectivity index (χ4n) is 5.18. The SMILES string of the molecule is CSc1nc(NC2CCC(C(=O)OC3CCN(C(=O)OCc4ccccc4)C3)CC2)n2ncc(C(C)C)c2n1. The maximum Gasteiger partial charge on any atom is 0.410 e. The van der Waals surface area contributed by atoms with Gasteiger partial charge in [0.2, 0.25) is 5.95 Å². The number of fused-ring (bicyclic) bond motifs is 1. The fraction of sp³-hybridized carbons (Fsp3) is 0.536. The number of benzene rings is 1. The summed E-state index contributed by atoms with van der Waals surface area (Å²) in [6.07, 6.45) is 6.96. The van der Waals surface area contributed by atoms with Crippen LogP contribution < -0.4 is 5.32 Å². The minimum absolute atomic E-state index is 0.133. The highest BCUT2D eigenvalue weighted by Gasteiger charge is 2.34. The summed E-state index contributed by atoms with van der Waals surface area (Å²) in [5.41, 5.74) is 2.87. The highest BCUT2D eigenvalue weighted by atomic mass is 32.2. The number of amides is 1. The van der Waals surface area contributed by atoms with E-state index in [0.29, 0.717) is 36.5 Å². The van der Waals surface area contributed by atoms with Gasteiger partial charge in [0, 0.05) is 24.6 Å². The summed E-state index contributed by atoms with van der Waals surface area (Å²) in [5.74, 6) is 0.702. The van der Waals surface area contributed by atoms with E-state index in [1.807, 2.05) is 42.8 Å². The lowest BCUT2D eigenvalue weighted by molar-refractivity contribution is -0.154. The number of nitrogens with one attached hydrogen (secondary N) is 1. The van der Waals surface area contributed by atoms with Gasteiger partial charge in [0.1, 0.15) is 12.7 Å². The third kappa shape index (κ3) is 6.46. The number of carbonyl (C=O) groups excluding carboxylic acids is 2. The predicted octanol–water partition coefficient (Wildman–Crippen LogP) is 4.89. The molecular weight excluding hydrogens is 516 g/mol. The van der Waals surface area contributed by atoms with Crippen LogP contribution >= 0.6 is 11.8 Å². The Morgan fingerprint density at radius 2 is 1.87 bits per heavy atom. The Morgan fingerprint density at radius 3 is 2.59 bits per heavy atom. The van der Waals surface area contributed by atoms with Crippen LogP contribution in [0.3, 0.4) is 0 Å². The van der Waals surface area contributed by atoms with Gasteiger partial charge in [-0.2, -0.15) is 14.6 Å². The number of hydrogen-bond acceptors (Lipinski definition) is 9. The molecule has 1 aliphatic heterocycles. The van der Waals surface area contributed by atoms with Gasteiger partial charge in [-0.15, -0.1) is 0 Å². The van der Waals surface area contributed by atoms with Crippen LogP contribution in [0.2, 0.25) is 0 Å². The second kappa shape index (κ2) is 12.2. The number of hydrogen-bond donors (Lipinski definition) is 1. The Labute approximate surface area is 232 Å². The molecular formula is C28H36N6O4S. The van der Waals surface area contributed by atoms with Crippen molar-refractivity contribution in [3.05, 3.63) is 47.7 Å². The van der Waals surface area contributed by atoms with Crippen LogP contribution in [0.15, 0.2) is 41.7 Å². The van der Waals surface area contributed by atoms with Crippen molar-refractivity contribution in [3.8, 4) is 0 Å². The number of nitrogens with zero attached hydrogens (tertiary/aromatic N) is 5. The molecule has 2 aliphatic rings. The van der Waals surface area contributed by atoms with E-state index < -0.39 is 0 Å². The van der Waals surface area contributed by atoms with Gasteiger partial charge in [0.15, 0.2) is 10.8 Å². The van der Waals surface area contributed by atoms with Crippen molar-refractivity contribution in [1.29, 1.82) is 0 Å². The van der Waals surface area contributed by atoms with Gasteiger partial charge in [0.25, 0.3) is 0 Å². The Kier molecular flexibility index (Phi) is 8.54. The first-order chi connectivity index (χ1) is 18.9. The maximum absolute atomic E-state index is 12.9. The average Bonchev–Trinajstić information content (AvgIpc) is 3.60. The minimum atomic E-state index is -0.370. The number of thioether (sulfide) groups is 1. The van der Waals surface area contributed by atoms with Crippen LogP contribution in [0.25, 0.3) is 5.65 Å². The van der Waals surface area contributed by atoms with E-state index in [2.05, 4.69) is 34.2 Å².